The first-order valence-electron chi connectivity index (χ1n) is 28.4. The van der Waals surface area contributed by atoms with E-state index in [-0.39, 0.29) is 31.1 Å². The minimum absolute atomic E-state index is 0.0959. The van der Waals surface area contributed by atoms with Gasteiger partial charge in [-0.15, -0.1) is 0 Å². The fraction of sp³-hybridized carbons (Fsp3) is 0.667. The molecule has 0 fully saturated rings. The summed E-state index contributed by atoms with van der Waals surface area (Å²) < 4.78 is 16.8. The highest BCUT2D eigenvalue weighted by Crippen LogP contribution is 2.14. The number of hydrogen-bond donors (Lipinski definition) is 0. The van der Waals surface area contributed by atoms with Gasteiger partial charge in [0.05, 0.1) is 0 Å². The molecule has 0 aliphatic carbocycles. The molecule has 6 heteroatoms. The Morgan fingerprint density at radius 1 is 0.304 bits per heavy atom. The summed E-state index contributed by atoms with van der Waals surface area (Å²) in [6, 6.07) is 0. The lowest BCUT2D eigenvalue weighted by molar-refractivity contribution is -0.167. The van der Waals surface area contributed by atoms with Crippen LogP contribution in [0, 0.1) is 0 Å². The number of rotatable bonds is 50. The van der Waals surface area contributed by atoms with Crippen LogP contribution in [0.4, 0.5) is 0 Å². The molecular formula is C63H104O6. The minimum atomic E-state index is -0.799. The van der Waals surface area contributed by atoms with E-state index in [1.807, 2.05) is 0 Å². The predicted octanol–water partition coefficient (Wildman–Crippen LogP) is 19.1. The molecule has 6 nitrogen and oxygen atoms in total. The van der Waals surface area contributed by atoms with Crippen LogP contribution in [0.1, 0.15) is 252 Å². The molecule has 0 aromatic rings. The zero-order chi connectivity index (χ0) is 50.0. The van der Waals surface area contributed by atoms with Crippen LogP contribution in [-0.2, 0) is 28.6 Å². The van der Waals surface area contributed by atoms with Crippen molar-refractivity contribution in [1.29, 1.82) is 0 Å². The molecule has 0 saturated heterocycles. The third-order valence-corrected chi connectivity index (χ3v) is 11.7. The van der Waals surface area contributed by atoms with E-state index in [0.717, 1.165) is 148 Å². The minimum Gasteiger partial charge on any atom is -0.462 e. The summed E-state index contributed by atoms with van der Waals surface area (Å²) in [4.78, 5) is 38.1. The highest BCUT2D eigenvalue weighted by atomic mass is 16.6. The predicted molar refractivity (Wildman–Crippen MR) is 297 cm³/mol. The van der Waals surface area contributed by atoms with E-state index in [0.29, 0.717) is 19.3 Å². The van der Waals surface area contributed by atoms with Gasteiger partial charge in [-0.25, -0.2) is 0 Å². The molecule has 0 aliphatic heterocycles. The summed E-state index contributed by atoms with van der Waals surface area (Å²) in [5.41, 5.74) is 0. The fourth-order valence-corrected chi connectivity index (χ4v) is 7.46. The molecule has 69 heavy (non-hydrogen) atoms. The third-order valence-electron chi connectivity index (χ3n) is 11.7. The van der Waals surface area contributed by atoms with Gasteiger partial charge in [-0.2, -0.15) is 0 Å². The number of unbranched alkanes of at least 4 members (excludes halogenated alkanes) is 21. The van der Waals surface area contributed by atoms with Crippen molar-refractivity contribution in [2.45, 2.75) is 258 Å². The van der Waals surface area contributed by atoms with Crippen molar-refractivity contribution < 1.29 is 28.6 Å². The Bertz CT molecular complexity index is 1420. The molecule has 0 aromatic heterocycles. The Labute approximate surface area is 425 Å². The van der Waals surface area contributed by atoms with Gasteiger partial charge >= 0.3 is 17.9 Å². The largest absolute Gasteiger partial charge is 0.462 e. The van der Waals surface area contributed by atoms with E-state index in [2.05, 4.69) is 130 Å². The van der Waals surface area contributed by atoms with Crippen LogP contribution in [0.25, 0.3) is 0 Å². The van der Waals surface area contributed by atoms with Gasteiger partial charge in [-0.3, -0.25) is 14.4 Å². The van der Waals surface area contributed by atoms with Gasteiger partial charge in [0.2, 0.25) is 0 Å². The number of esters is 3. The van der Waals surface area contributed by atoms with E-state index in [9.17, 15) is 14.4 Å². The van der Waals surface area contributed by atoms with Crippen molar-refractivity contribution in [3.05, 3.63) is 109 Å². The van der Waals surface area contributed by atoms with Gasteiger partial charge in [0.1, 0.15) is 13.2 Å². The molecule has 0 aromatic carbocycles. The first-order valence-corrected chi connectivity index (χ1v) is 28.4. The highest BCUT2D eigenvalue weighted by molar-refractivity contribution is 5.71. The molecule has 0 rings (SSSR count). The normalized spacial score (nSPS) is 12.9. The van der Waals surface area contributed by atoms with Crippen molar-refractivity contribution in [3.63, 3.8) is 0 Å². The maximum atomic E-state index is 12.8. The molecule has 0 heterocycles. The standard InChI is InChI=1S/C63H104O6/c1-4-7-10-13-16-19-22-24-26-28-30-31-33-34-36-38-41-44-47-50-53-56-62(65)68-59-60(58-67-61(64)55-52-49-46-43-40-21-18-15-12-9-6-3)69-63(66)57-54-51-48-45-42-39-37-35-32-29-27-25-23-20-17-14-11-8-5-2/h7,10,15-20,24-27,30-32,34-36,60H,4-6,8-9,11-14,21-23,28-29,33,37-59H2,1-3H3/b10-7-,18-15-,19-16-,20-17-,26-24-,27-25-,31-30-,35-32-,36-34-. The Morgan fingerprint density at radius 2 is 0.580 bits per heavy atom. The molecule has 1 unspecified atom stereocenters. The van der Waals surface area contributed by atoms with Crippen LogP contribution in [0.2, 0.25) is 0 Å². The van der Waals surface area contributed by atoms with Crippen LogP contribution in [0.5, 0.6) is 0 Å². The Hall–Kier alpha value is -3.93. The van der Waals surface area contributed by atoms with Crippen LogP contribution in [0.15, 0.2) is 109 Å². The number of carbonyl (C=O) groups is 3. The molecule has 392 valence electrons. The zero-order valence-electron chi connectivity index (χ0n) is 44.8. The fourth-order valence-electron chi connectivity index (χ4n) is 7.46. The molecule has 0 N–H and O–H groups in total. The molecule has 0 bridgehead atoms. The van der Waals surface area contributed by atoms with E-state index >= 15 is 0 Å². The van der Waals surface area contributed by atoms with Crippen LogP contribution in [0.3, 0.4) is 0 Å². The van der Waals surface area contributed by atoms with Gasteiger partial charge in [0.25, 0.3) is 0 Å². The van der Waals surface area contributed by atoms with E-state index in [4.69, 9.17) is 14.2 Å². The van der Waals surface area contributed by atoms with Crippen molar-refractivity contribution in [1.82, 2.24) is 0 Å². The second-order valence-corrected chi connectivity index (χ2v) is 18.5. The van der Waals surface area contributed by atoms with Crippen molar-refractivity contribution in [3.8, 4) is 0 Å². The van der Waals surface area contributed by atoms with Gasteiger partial charge in [-0.1, -0.05) is 220 Å². The summed E-state index contributed by atoms with van der Waals surface area (Å²) in [7, 11) is 0. The average Bonchev–Trinajstić information content (AvgIpc) is 3.35. The van der Waals surface area contributed by atoms with Gasteiger partial charge in [-0.05, 0) is 122 Å². The number of allylic oxidation sites excluding steroid dienone is 18. The van der Waals surface area contributed by atoms with Gasteiger partial charge in [0.15, 0.2) is 6.10 Å². The van der Waals surface area contributed by atoms with Gasteiger partial charge in [0, 0.05) is 19.3 Å². The van der Waals surface area contributed by atoms with Crippen molar-refractivity contribution >= 4 is 17.9 Å². The molecular weight excluding hydrogens is 853 g/mol. The summed E-state index contributed by atoms with van der Waals surface area (Å²) in [5.74, 6) is -0.938. The lowest BCUT2D eigenvalue weighted by Gasteiger charge is -2.18. The van der Waals surface area contributed by atoms with Crippen LogP contribution < -0.4 is 0 Å². The number of ether oxygens (including phenoxy) is 3. The third kappa shape index (κ3) is 54.9. The SMILES string of the molecule is CC/C=C\C/C=C\C/C=C\C/C=C\C/C=C\CCCCCCCC(=O)OCC(COC(=O)CCCCCCC/C=C\CCCC)OC(=O)CCCCCCCC/C=C\C/C=C\C/C=C\CCCCC. The zero-order valence-corrected chi connectivity index (χ0v) is 44.8. The summed E-state index contributed by atoms with van der Waals surface area (Å²) in [6.45, 7) is 6.42. The number of hydrogen-bond acceptors (Lipinski definition) is 6. The maximum absolute atomic E-state index is 12.8. The first-order chi connectivity index (χ1) is 34.0. The molecule has 0 radical (unpaired) electrons. The summed E-state index contributed by atoms with van der Waals surface area (Å²) in [5, 5.41) is 0. The van der Waals surface area contributed by atoms with E-state index in [1.54, 1.807) is 0 Å². The molecule has 1 atom stereocenters. The topological polar surface area (TPSA) is 78.9 Å². The number of carbonyl (C=O) groups excluding carboxylic acids is 3. The quantitative estimate of drug-likeness (QED) is 0.0262. The monoisotopic (exact) mass is 957 g/mol. The Kier molecular flexibility index (Phi) is 53.4. The molecule has 0 saturated carbocycles. The van der Waals surface area contributed by atoms with E-state index < -0.39 is 6.10 Å². The second kappa shape index (κ2) is 56.7. The van der Waals surface area contributed by atoms with Crippen LogP contribution >= 0.6 is 0 Å². The van der Waals surface area contributed by atoms with Crippen molar-refractivity contribution in [2.75, 3.05) is 13.2 Å². The maximum Gasteiger partial charge on any atom is 0.306 e. The van der Waals surface area contributed by atoms with Crippen LogP contribution in [-0.4, -0.2) is 37.2 Å². The second-order valence-electron chi connectivity index (χ2n) is 18.5. The average molecular weight is 958 g/mol. The first kappa shape index (κ1) is 65.1. The van der Waals surface area contributed by atoms with E-state index in [1.165, 1.54) is 64.2 Å². The molecule has 0 spiro atoms. The lowest BCUT2D eigenvalue weighted by atomic mass is 10.1. The summed E-state index contributed by atoms with van der Waals surface area (Å²) in [6.07, 6.45) is 76.4. The molecule has 0 amide bonds. The summed E-state index contributed by atoms with van der Waals surface area (Å²) >= 11 is 0. The van der Waals surface area contributed by atoms with Crippen molar-refractivity contribution in [2.24, 2.45) is 0 Å². The highest BCUT2D eigenvalue weighted by Gasteiger charge is 2.19. The smallest absolute Gasteiger partial charge is 0.306 e. The lowest BCUT2D eigenvalue weighted by Crippen LogP contribution is -2.30. The Morgan fingerprint density at radius 3 is 0.942 bits per heavy atom. The van der Waals surface area contributed by atoms with Gasteiger partial charge < -0.3 is 14.2 Å². The molecule has 0 aliphatic rings. The Balaban J connectivity index is 4.42.